The van der Waals surface area contributed by atoms with Gasteiger partial charge in [0, 0.05) is 25.6 Å². The molecule has 15 heavy (non-hydrogen) atoms. The third kappa shape index (κ3) is 4.04. The first-order valence-corrected chi connectivity index (χ1v) is 5.84. The van der Waals surface area contributed by atoms with Gasteiger partial charge in [-0.1, -0.05) is 6.08 Å². The number of amides is 1. The SMILES string of the molecule is C=CCCCC(=O)N1CCC(NC)CC1. The summed E-state index contributed by atoms with van der Waals surface area (Å²) in [5, 5.41) is 3.26. The molecule has 1 aliphatic heterocycles. The summed E-state index contributed by atoms with van der Waals surface area (Å²) < 4.78 is 0. The van der Waals surface area contributed by atoms with Crippen molar-refractivity contribution in [2.24, 2.45) is 0 Å². The molecule has 1 rings (SSSR count). The van der Waals surface area contributed by atoms with Crippen molar-refractivity contribution in [3.63, 3.8) is 0 Å². The third-order valence-corrected chi connectivity index (χ3v) is 3.05. The van der Waals surface area contributed by atoms with Crippen LogP contribution in [0.25, 0.3) is 0 Å². The lowest BCUT2D eigenvalue weighted by atomic mass is 10.0. The number of carbonyl (C=O) groups excluding carboxylic acids is 1. The summed E-state index contributed by atoms with van der Waals surface area (Å²) in [7, 11) is 1.99. The second-order valence-electron chi connectivity index (χ2n) is 4.12. The minimum Gasteiger partial charge on any atom is -0.343 e. The fraction of sp³-hybridized carbons (Fsp3) is 0.750. The van der Waals surface area contributed by atoms with Gasteiger partial charge in [-0.15, -0.1) is 6.58 Å². The van der Waals surface area contributed by atoms with Crippen LogP contribution in [0.2, 0.25) is 0 Å². The largest absolute Gasteiger partial charge is 0.343 e. The average molecular weight is 210 g/mol. The molecule has 0 aromatic carbocycles. The molecule has 0 atom stereocenters. The second kappa shape index (κ2) is 6.62. The second-order valence-corrected chi connectivity index (χ2v) is 4.12. The predicted octanol–water partition coefficient (Wildman–Crippen LogP) is 1.55. The molecular formula is C12H22N2O. The van der Waals surface area contributed by atoms with Gasteiger partial charge in [0.1, 0.15) is 0 Å². The zero-order valence-corrected chi connectivity index (χ0v) is 9.67. The smallest absolute Gasteiger partial charge is 0.222 e. The van der Waals surface area contributed by atoms with E-state index in [2.05, 4.69) is 11.9 Å². The van der Waals surface area contributed by atoms with Crippen LogP contribution in [0.3, 0.4) is 0 Å². The third-order valence-electron chi connectivity index (χ3n) is 3.05. The number of nitrogens with zero attached hydrogens (tertiary/aromatic N) is 1. The molecule has 1 heterocycles. The first-order valence-electron chi connectivity index (χ1n) is 5.84. The lowest BCUT2D eigenvalue weighted by Crippen LogP contribution is -2.43. The van der Waals surface area contributed by atoms with Gasteiger partial charge in [0.25, 0.3) is 0 Å². The number of hydrogen-bond donors (Lipinski definition) is 1. The van der Waals surface area contributed by atoms with Crippen LogP contribution in [0.15, 0.2) is 12.7 Å². The maximum atomic E-state index is 11.7. The summed E-state index contributed by atoms with van der Waals surface area (Å²) >= 11 is 0. The van der Waals surface area contributed by atoms with E-state index in [9.17, 15) is 4.79 Å². The molecule has 1 N–H and O–H groups in total. The Hall–Kier alpha value is -0.830. The van der Waals surface area contributed by atoms with E-state index in [0.717, 1.165) is 38.8 Å². The molecule has 0 aromatic rings. The lowest BCUT2D eigenvalue weighted by Gasteiger charge is -2.31. The number of hydrogen-bond acceptors (Lipinski definition) is 2. The molecule has 86 valence electrons. The zero-order chi connectivity index (χ0) is 11.1. The molecular weight excluding hydrogens is 188 g/mol. The molecule has 1 saturated heterocycles. The number of nitrogens with one attached hydrogen (secondary N) is 1. The molecule has 3 heteroatoms. The van der Waals surface area contributed by atoms with E-state index in [4.69, 9.17) is 0 Å². The molecule has 0 aliphatic carbocycles. The fourth-order valence-corrected chi connectivity index (χ4v) is 1.97. The molecule has 0 saturated carbocycles. The van der Waals surface area contributed by atoms with Gasteiger partial charge in [0.15, 0.2) is 0 Å². The Morgan fingerprint density at radius 3 is 2.73 bits per heavy atom. The summed E-state index contributed by atoms with van der Waals surface area (Å²) in [6, 6.07) is 0.599. The van der Waals surface area contributed by atoms with Crippen molar-refractivity contribution in [1.82, 2.24) is 10.2 Å². The highest BCUT2D eigenvalue weighted by atomic mass is 16.2. The number of likely N-dealkylation sites (tertiary alicyclic amines) is 1. The average Bonchev–Trinajstić information content (AvgIpc) is 2.29. The first kappa shape index (κ1) is 12.2. The number of unbranched alkanes of at least 4 members (excludes halogenated alkanes) is 1. The Morgan fingerprint density at radius 1 is 1.53 bits per heavy atom. The Kier molecular flexibility index (Phi) is 5.40. The van der Waals surface area contributed by atoms with Crippen LogP contribution >= 0.6 is 0 Å². The summed E-state index contributed by atoms with van der Waals surface area (Å²) in [5.74, 6) is 0.311. The fourth-order valence-electron chi connectivity index (χ4n) is 1.97. The number of carbonyl (C=O) groups is 1. The van der Waals surface area contributed by atoms with Gasteiger partial charge < -0.3 is 10.2 Å². The Morgan fingerprint density at radius 2 is 2.20 bits per heavy atom. The zero-order valence-electron chi connectivity index (χ0n) is 9.67. The van der Waals surface area contributed by atoms with Gasteiger partial charge in [-0.05, 0) is 32.7 Å². The van der Waals surface area contributed by atoms with E-state index >= 15 is 0 Å². The Balaban J connectivity index is 2.20. The van der Waals surface area contributed by atoms with E-state index < -0.39 is 0 Å². The van der Waals surface area contributed by atoms with Crippen molar-refractivity contribution in [3.05, 3.63) is 12.7 Å². The maximum Gasteiger partial charge on any atom is 0.222 e. The van der Waals surface area contributed by atoms with E-state index in [-0.39, 0.29) is 0 Å². The van der Waals surface area contributed by atoms with Crippen LogP contribution in [0.5, 0.6) is 0 Å². The number of piperidine rings is 1. The summed E-state index contributed by atoms with van der Waals surface area (Å²) in [6.45, 7) is 5.49. The Labute approximate surface area is 92.5 Å². The molecule has 0 radical (unpaired) electrons. The van der Waals surface area contributed by atoms with Gasteiger partial charge in [-0.2, -0.15) is 0 Å². The first-order chi connectivity index (χ1) is 7.27. The number of allylic oxidation sites excluding steroid dienone is 1. The van der Waals surface area contributed by atoms with Crippen molar-refractivity contribution in [2.75, 3.05) is 20.1 Å². The van der Waals surface area contributed by atoms with Crippen LogP contribution < -0.4 is 5.32 Å². The van der Waals surface area contributed by atoms with E-state index in [0.29, 0.717) is 18.4 Å². The van der Waals surface area contributed by atoms with Crippen molar-refractivity contribution >= 4 is 5.91 Å². The monoisotopic (exact) mass is 210 g/mol. The lowest BCUT2D eigenvalue weighted by molar-refractivity contribution is -0.132. The molecule has 0 bridgehead atoms. The number of rotatable bonds is 5. The van der Waals surface area contributed by atoms with E-state index in [1.165, 1.54) is 0 Å². The molecule has 3 nitrogen and oxygen atoms in total. The van der Waals surface area contributed by atoms with Gasteiger partial charge in [0.2, 0.25) is 5.91 Å². The Bertz CT molecular complexity index is 208. The summed E-state index contributed by atoms with van der Waals surface area (Å²) in [6.07, 6.45) is 6.61. The van der Waals surface area contributed by atoms with Crippen LogP contribution in [-0.2, 0) is 4.79 Å². The summed E-state index contributed by atoms with van der Waals surface area (Å²) in [4.78, 5) is 13.7. The highest BCUT2D eigenvalue weighted by Gasteiger charge is 2.20. The highest BCUT2D eigenvalue weighted by molar-refractivity contribution is 5.76. The van der Waals surface area contributed by atoms with Crippen molar-refractivity contribution in [2.45, 2.75) is 38.1 Å². The van der Waals surface area contributed by atoms with Crippen LogP contribution in [0, 0.1) is 0 Å². The van der Waals surface area contributed by atoms with Crippen molar-refractivity contribution in [1.29, 1.82) is 0 Å². The molecule has 1 aliphatic rings. The van der Waals surface area contributed by atoms with Gasteiger partial charge in [-0.3, -0.25) is 4.79 Å². The standard InChI is InChI=1S/C12H22N2O/c1-3-4-5-6-12(15)14-9-7-11(13-2)8-10-14/h3,11,13H,1,4-10H2,2H3. The van der Waals surface area contributed by atoms with Crippen molar-refractivity contribution < 1.29 is 4.79 Å². The van der Waals surface area contributed by atoms with E-state index in [1.807, 2.05) is 18.0 Å². The maximum absolute atomic E-state index is 11.7. The van der Waals surface area contributed by atoms with Gasteiger partial charge in [-0.25, -0.2) is 0 Å². The highest BCUT2D eigenvalue weighted by Crippen LogP contribution is 2.12. The predicted molar refractivity (Wildman–Crippen MR) is 62.7 cm³/mol. The molecule has 1 fully saturated rings. The van der Waals surface area contributed by atoms with Crippen LogP contribution in [0.1, 0.15) is 32.1 Å². The minimum atomic E-state index is 0.311. The van der Waals surface area contributed by atoms with Crippen molar-refractivity contribution in [3.8, 4) is 0 Å². The molecule has 1 amide bonds. The van der Waals surface area contributed by atoms with Gasteiger partial charge >= 0.3 is 0 Å². The van der Waals surface area contributed by atoms with Gasteiger partial charge in [0.05, 0.1) is 0 Å². The molecule has 0 unspecified atom stereocenters. The topological polar surface area (TPSA) is 32.3 Å². The summed E-state index contributed by atoms with van der Waals surface area (Å²) in [5.41, 5.74) is 0. The quantitative estimate of drug-likeness (QED) is 0.551. The normalized spacial score (nSPS) is 17.8. The molecule has 0 aromatic heterocycles. The minimum absolute atomic E-state index is 0.311. The van der Waals surface area contributed by atoms with Crippen LogP contribution in [0.4, 0.5) is 0 Å². The van der Waals surface area contributed by atoms with E-state index in [1.54, 1.807) is 0 Å². The van der Waals surface area contributed by atoms with Crippen LogP contribution in [-0.4, -0.2) is 37.0 Å². The molecule has 0 spiro atoms.